The van der Waals surface area contributed by atoms with Gasteiger partial charge in [-0.1, -0.05) is 34.6 Å². The molecule has 5 nitrogen and oxygen atoms in total. The van der Waals surface area contributed by atoms with Gasteiger partial charge in [0.15, 0.2) is 0 Å². The Hall–Kier alpha value is -1.10. The monoisotopic (exact) mass is 248 g/mol. The fourth-order valence-corrected chi connectivity index (χ4v) is 0.872. The highest BCUT2D eigenvalue weighted by atomic mass is 16.4. The first-order valence-electron chi connectivity index (χ1n) is 6.28. The molecule has 0 spiro atoms. The lowest BCUT2D eigenvalue weighted by Crippen LogP contribution is -2.37. The molecule has 0 unspecified atom stereocenters. The molecular formula is C12H28N2O3. The number of nitrogens with one attached hydrogen (secondary N) is 2. The molecule has 104 valence electrons. The average molecular weight is 248 g/mol. The summed E-state index contributed by atoms with van der Waals surface area (Å²) in [5.41, 5.74) is 0. The van der Waals surface area contributed by atoms with Crippen molar-refractivity contribution in [1.82, 2.24) is 10.6 Å². The molecule has 0 aromatic heterocycles. The summed E-state index contributed by atoms with van der Waals surface area (Å²) in [7, 11) is 1.58. The van der Waals surface area contributed by atoms with E-state index in [0.717, 1.165) is 0 Å². The first-order valence-corrected chi connectivity index (χ1v) is 6.28. The lowest BCUT2D eigenvalue weighted by Gasteiger charge is -2.10. The molecule has 0 aliphatic heterocycles. The summed E-state index contributed by atoms with van der Waals surface area (Å²) in [4.78, 5) is 21.3. The molecule has 0 rings (SSSR count). The van der Waals surface area contributed by atoms with Crippen LogP contribution < -0.4 is 10.6 Å². The first kappa shape index (κ1) is 21.2. The van der Waals surface area contributed by atoms with Crippen molar-refractivity contribution in [2.24, 2.45) is 0 Å². The van der Waals surface area contributed by atoms with Crippen LogP contribution in [0.2, 0.25) is 0 Å². The first-order chi connectivity index (χ1) is 8.11. The molecule has 0 aromatic carbocycles. The number of likely N-dealkylation sites (N-methyl/N-ethyl adjacent to an activating group) is 1. The zero-order valence-electron chi connectivity index (χ0n) is 12.0. The predicted molar refractivity (Wildman–Crippen MR) is 71.1 cm³/mol. The van der Waals surface area contributed by atoms with Gasteiger partial charge in [-0.05, 0) is 13.5 Å². The minimum absolute atomic E-state index is 0.0553. The molecule has 0 aliphatic carbocycles. The van der Waals surface area contributed by atoms with Crippen LogP contribution in [0.3, 0.4) is 0 Å². The Balaban J connectivity index is -0.000000439. The molecule has 1 amide bonds. The van der Waals surface area contributed by atoms with Gasteiger partial charge in [-0.2, -0.15) is 0 Å². The minimum atomic E-state index is -0.895. The van der Waals surface area contributed by atoms with Crippen molar-refractivity contribution in [1.29, 1.82) is 0 Å². The van der Waals surface area contributed by atoms with Crippen LogP contribution in [0.25, 0.3) is 0 Å². The lowest BCUT2D eigenvalue weighted by molar-refractivity contribution is -0.139. The molecule has 0 aromatic rings. The van der Waals surface area contributed by atoms with Gasteiger partial charge in [0.1, 0.15) is 6.04 Å². The lowest BCUT2D eigenvalue weighted by atomic mass is 10.2. The zero-order chi connectivity index (χ0) is 14.3. The van der Waals surface area contributed by atoms with Crippen LogP contribution in [0.4, 0.5) is 0 Å². The van der Waals surface area contributed by atoms with Crippen molar-refractivity contribution in [3.63, 3.8) is 0 Å². The van der Waals surface area contributed by atoms with E-state index in [2.05, 4.69) is 10.6 Å². The number of carbonyl (C=O) groups excluding carboxylic acids is 1. The fourth-order valence-electron chi connectivity index (χ4n) is 0.872. The highest BCUT2D eigenvalue weighted by Crippen LogP contribution is 1.89. The number of aliphatic carboxylic acids is 1. The smallest absolute Gasteiger partial charge is 0.320 e. The van der Waals surface area contributed by atoms with E-state index in [1.165, 1.54) is 0 Å². The Morgan fingerprint density at radius 2 is 1.65 bits per heavy atom. The van der Waals surface area contributed by atoms with E-state index < -0.39 is 12.0 Å². The number of carbonyl (C=O) groups is 2. The second-order valence-electron chi connectivity index (χ2n) is 2.67. The maximum Gasteiger partial charge on any atom is 0.320 e. The van der Waals surface area contributed by atoms with Gasteiger partial charge < -0.3 is 15.7 Å². The fraction of sp³-hybridized carbons (Fsp3) is 0.833. The van der Waals surface area contributed by atoms with Gasteiger partial charge in [-0.25, -0.2) is 0 Å². The number of rotatable bonds is 6. The molecule has 0 heterocycles. The van der Waals surface area contributed by atoms with Crippen molar-refractivity contribution in [3.05, 3.63) is 0 Å². The maximum atomic E-state index is 10.8. The SMILES string of the molecule is CC.CC.CCC(=O)NCC[C@@H](NC)C(=O)O. The Labute approximate surface area is 105 Å². The summed E-state index contributed by atoms with van der Waals surface area (Å²) in [5.74, 6) is -0.950. The number of amides is 1. The zero-order valence-corrected chi connectivity index (χ0v) is 12.0. The summed E-state index contributed by atoms with van der Waals surface area (Å²) in [6.45, 7) is 10.1. The summed E-state index contributed by atoms with van der Waals surface area (Å²) in [5, 5.41) is 13.9. The van der Waals surface area contributed by atoms with Gasteiger partial charge in [0.25, 0.3) is 0 Å². The van der Waals surface area contributed by atoms with Gasteiger partial charge in [-0.15, -0.1) is 0 Å². The van der Waals surface area contributed by atoms with Crippen molar-refractivity contribution in [2.45, 2.75) is 53.5 Å². The highest BCUT2D eigenvalue weighted by molar-refractivity contribution is 5.76. The molecular weight excluding hydrogens is 220 g/mol. The van der Waals surface area contributed by atoms with Gasteiger partial charge in [0.2, 0.25) is 5.91 Å². The Morgan fingerprint density at radius 1 is 1.18 bits per heavy atom. The maximum absolute atomic E-state index is 10.8. The second kappa shape index (κ2) is 17.3. The average Bonchev–Trinajstić information content (AvgIpc) is 2.38. The molecule has 0 fully saturated rings. The third-order valence-corrected chi connectivity index (χ3v) is 1.72. The number of carboxylic acid groups (broad SMARTS) is 1. The molecule has 0 aliphatic rings. The summed E-state index contributed by atoms with van der Waals surface area (Å²) in [6.07, 6.45) is 0.828. The molecule has 17 heavy (non-hydrogen) atoms. The Kier molecular flexibility index (Phi) is 21.6. The molecule has 1 atom stereocenters. The van der Waals surface area contributed by atoms with Gasteiger partial charge in [0.05, 0.1) is 0 Å². The van der Waals surface area contributed by atoms with E-state index in [-0.39, 0.29) is 5.91 Å². The van der Waals surface area contributed by atoms with Crippen LogP contribution in [0.5, 0.6) is 0 Å². The normalized spacial score (nSPS) is 10.0. The van der Waals surface area contributed by atoms with E-state index in [9.17, 15) is 9.59 Å². The van der Waals surface area contributed by atoms with Crippen molar-refractivity contribution in [3.8, 4) is 0 Å². The highest BCUT2D eigenvalue weighted by Gasteiger charge is 2.13. The van der Waals surface area contributed by atoms with Crippen molar-refractivity contribution >= 4 is 11.9 Å². The number of hydrogen-bond donors (Lipinski definition) is 3. The van der Waals surface area contributed by atoms with Crippen LogP contribution in [0.15, 0.2) is 0 Å². The summed E-state index contributed by atoms with van der Waals surface area (Å²) >= 11 is 0. The molecule has 0 saturated heterocycles. The van der Waals surface area contributed by atoms with Gasteiger partial charge >= 0.3 is 5.97 Å². The quantitative estimate of drug-likeness (QED) is 0.667. The van der Waals surface area contributed by atoms with E-state index in [1.807, 2.05) is 27.7 Å². The molecule has 5 heteroatoms. The van der Waals surface area contributed by atoms with E-state index in [0.29, 0.717) is 19.4 Å². The van der Waals surface area contributed by atoms with Gasteiger partial charge in [0, 0.05) is 13.0 Å². The summed E-state index contributed by atoms with van der Waals surface area (Å²) < 4.78 is 0. The molecule has 0 saturated carbocycles. The number of hydrogen-bond acceptors (Lipinski definition) is 3. The standard InChI is InChI=1S/C8H16N2O3.2C2H6/c1-3-7(11)10-5-4-6(9-2)8(12)13;2*1-2/h6,9H,3-5H2,1-2H3,(H,10,11)(H,12,13);2*1-2H3/t6-;;/m1../s1. The third-order valence-electron chi connectivity index (χ3n) is 1.72. The Morgan fingerprint density at radius 3 is 1.94 bits per heavy atom. The van der Waals surface area contributed by atoms with Crippen molar-refractivity contribution in [2.75, 3.05) is 13.6 Å². The summed E-state index contributed by atoms with van der Waals surface area (Å²) in [6, 6.07) is -0.586. The van der Waals surface area contributed by atoms with Crippen molar-refractivity contribution < 1.29 is 14.7 Å². The largest absolute Gasteiger partial charge is 0.480 e. The van der Waals surface area contributed by atoms with E-state index in [1.54, 1.807) is 14.0 Å². The van der Waals surface area contributed by atoms with Gasteiger partial charge in [-0.3, -0.25) is 9.59 Å². The van der Waals surface area contributed by atoms with Crippen LogP contribution in [-0.4, -0.2) is 36.6 Å². The van der Waals surface area contributed by atoms with E-state index in [4.69, 9.17) is 5.11 Å². The third kappa shape index (κ3) is 14.9. The molecule has 3 N–H and O–H groups in total. The van der Waals surface area contributed by atoms with Crippen LogP contribution in [-0.2, 0) is 9.59 Å². The number of carboxylic acids is 1. The van der Waals surface area contributed by atoms with Crippen LogP contribution >= 0.6 is 0 Å². The topological polar surface area (TPSA) is 78.4 Å². The van der Waals surface area contributed by atoms with E-state index >= 15 is 0 Å². The second-order valence-corrected chi connectivity index (χ2v) is 2.67. The predicted octanol–water partition coefficient (Wildman–Crippen LogP) is 1.63. The minimum Gasteiger partial charge on any atom is -0.480 e. The molecule has 0 bridgehead atoms. The Bertz CT molecular complexity index is 185. The van der Waals surface area contributed by atoms with Crippen LogP contribution in [0.1, 0.15) is 47.5 Å². The van der Waals surface area contributed by atoms with Crippen LogP contribution in [0, 0.1) is 0 Å². The molecule has 0 radical (unpaired) electrons.